The normalized spacial score (nSPS) is 13.4. The minimum atomic E-state index is -0.887. The molecule has 0 radical (unpaired) electrons. The van der Waals surface area contributed by atoms with E-state index >= 15 is 0 Å². The highest BCUT2D eigenvalue weighted by Crippen LogP contribution is 2.44. The van der Waals surface area contributed by atoms with Gasteiger partial charge in [0.1, 0.15) is 5.75 Å². The zero-order valence-corrected chi connectivity index (χ0v) is 16.1. The molecule has 3 aromatic rings. The van der Waals surface area contributed by atoms with E-state index < -0.39 is 5.97 Å². The number of nitrogens with zero attached hydrogens (tertiary/aromatic N) is 1. The number of aromatic carboxylic acids is 1. The highest BCUT2D eigenvalue weighted by Gasteiger charge is 2.27. The van der Waals surface area contributed by atoms with Crippen molar-refractivity contribution in [3.63, 3.8) is 0 Å². The van der Waals surface area contributed by atoms with Gasteiger partial charge in [-0.2, -0.15) is 0 Å². The Balaban J connectivity index is 1.71. The molecule has 1 N–H and O–H groups in total. The second-order valence-corrected chi connectivity index (χ2v) is 7.43. The molecule has 0 bridgehead atoms. The molecule has 4 heteroatoms. The van der Waals surface area contributed by atoms with Crippen LogP contribution in [0.4, 0.5) is 0 Å². The lowest BCUT2D eigenvalue weighted by molar-refractivity contribution is 0.0695. The van der Waals surface area contributed by atoms with Gasteiger partial charge in [-0.25, -0.2) is 4.79 Å². The van der Waals surface area contributed by atoms with Crippen molar-refractivity contribution in [1.82, 2.24) is 4.98 Å². The lowest BCUT2D eigenvalue weighted by atomic mass is 9.95. The number of benzene rings is 2. The Bertz CT molecular complexity index is 1040. The van der Waals surface area contributed by atoms with Gasteiger partial charge in [-0.05, 0) is 67.0 Å². The summed E-state index contributed by atoms with van der Waals surface area (Å²) < 4.78 is 5.36. The van der Waals surface area contributed by atoms with Crippen molar-refractivity contribution in [2.45, 2.75) is 32.1 Å². The zero-order valence-electron chi connectivity index (χ0n) is 16.1. The molecule has 0 saturated heterocycles. The van der Waals surface area contributed by atoms with Gasteiger partial charge < -0.3 is 9.84 Å². The molecule has 1 fully saturated rings. The van der Waals surface area contributed by atoms with E-state index in [1.807, 2.05) is 43.5 Å². The van der Waals surface area contributed by atoms with E-state index in [1.54, 1.807) is 13.2 Å². The van der Waals surface area contributed by atoms with Crippen molar-refractivity contribution in [2.75, 3.05) is 7.11 Å². The average Bonchev–Trinajstić information content (AvgIpc) is 3.54. The van der Waals surface area contributed by atoms with Gasteiger partial charge in [0, 0.05) is 11.8 Å². The molecule has 0 unspecified atom stereocenters. The molecule has 2 aromatic carbocycles. The first-order chi connectivity index (χ1) is 13.5. The Morgan fingerprint density at radius 2 is 2.00 bits per heavy atom. The van der Waals surface area contributed by atoms with Crippen LogP contribution in [0, 0.1) is 6.92 Å². The molecule has 142 valence electrons. The molecule has 4 rings (SSSR count). The molecule has 0 amide bonds. The molecule has 4 nitrogen and oxygen atoms in total. The van der Waals surface area contributed by atoms with Crippen molar-refractivity contribution in [2.24, 2.45) is 0 Å². The predicted octanol–water partition coefficient (Wildman–Crippen LogP) is 5.23. The predicted molar refractivity (Wildman–Crippen MR) is 109 cm³/mol. The second-order valence-electron chi connectivity index (χ2n) is 7.43. The summed E-state index contributed by atoms with van der Waals surface area (Å²) in [6, 6.07) is 15.8. The molecule has 1 heterocycles. The minimum Gasteiger partial charge on any atom is -0.497 e. The van der Waals surface area contributed by atoms with Gasteiger partial charge in [-0.1, -0.05) is 35.9 Å². The number of carboxylic acids is 1. The van der Waals surface area contributed by atoms with Crippen molar-refractivity contribution < 1.29 is 14.6 Å². The molecular formula is C24H23NO3. The fourth-order valence-corrected chi connectivity index (χ4v) is 3.60. The third kappa shape index (κ3) is 3.77. The smallest absolute Gasteiger partial charge is 0.335 e. The molecule has 28 heavy (non-hydrogen) atoms. The highest BCUT2D eigenvalue weighted by atomic mass is 16.5. The largest absolute Gasteiger partial charge is 0.497 e. The van der Waals surface area contributed by atoms with Gasteiger partial charge in [-0.15, -0.1) is 0 Å². The molecule has 1 aliphatic rings. The molecule has 0 atom stereocenters. The van der Waals surface area contributed by atoms with E-state index in [0.717, 1.165) is 33.7 Å². The number of methoxy groups -OCH3 is 1. The van der Waals surface area contributed by atoms with E-state index in [9.17, 15) is 9.90 Å². The summed E-state index contributed by atoms with van der Waals surface area (Å²) in [5.41, 5.74) is 6.46. The van der Waals surface area contributed by atoms with Crippen molar-refractivity contribution in [3.8, 4) is 17.0 Å². The summed E-state index contributed by atoms with van der Waals surface area (Å²) in [5.74, 6) is 0.462. The SMILES string of the molecule is COc1cccc(-c2ncc(Cc3ccc(C)cc3C(=O)O)cc2C2CC2)c1. The maximum atomic E-state index is 11.6. The fourth-order valence-electron chi connectivity index (χ4n) is 3.60. The maximum Gasteiger partial charge on any atom is 0.335 e. The standard InChI is InChI=1S/C24H23NO3/c1-15-6-7-18(22(10-15)24(26)27)11-16-12-21(17-8-9-17)23(25-14-16)19-4-3-5-20(13-19)28-2/h3-7,10,12-14,17H,8-9,11H2,1-2H3,(H,26,27). The number of rotatable bonds is 6. The number of carbonyl (C=O) groups is 1. The molecule has 1 aliphatic carbocycles. The Kier molecular flexibility index (Phi) is 4.86. The number of hydrogen-bond acceptors (Lipinski definition) is 3. The summed E-state index contributed by atoms with van der Waals surface area (Å²) in [7, 11) is 1.67. The van der Waals surface area contributed by atoms with Gasteiger partial charge in [0.2, 0.25) is 0 Å². The van der Waals surface area contributed by atoms with Crippen LogP contribution in [0.15, 0.2) is 54.7 Å². The van der Waals surface area contributed by atoms with Gasteiger partial charge in [0.05, 0.1) is 18.4 Å². The highest BCUT2D eigenvalue weighted by molar-refractivity contribution is 5.89. The lowest BCUT2D eigenvalue weighted by Crippen LogP contribution is -2.04. The van der Waals surface area contributed by atoms with Gasteiger partial charge >= 0.3 is 5.97 Å². The van der Waals surface area contributed by atoms with Crippen LogP contribution in [0.3, 0.4) is 0 Å². The van der Waals surface area contributed by atoms with Crippen LogP contribution >= 0.6 is 0 Å². The average molecular weight is 373 g/mol. The summed E-state index contributed by atoms with van der Waals surface area (Å²) >= 11 is 0. The second kappa shape index (κ2) is 7.47. The summed E-state index contributed by atoms with van der Waals surface area (Å²) in [6.07, 6.45) is 4.78. The van der Waals surface area contributed by atoms with E-state index in [4.69, 9.17) is 9.72 Å². The first-order valence-electron chi connectivity index (χ1n) is 9.51. The monoisotopic (exact) mass is 373 g/mol. The van der Waals surface area contributed by atoms with Gasteiger partial charge in [0.15, 0.2) is 0 Å². The number of carboxylic acid groups (broad SMARTS) is 1. The number of aromatic nitrogens is 1. The van der Waals surface area contributed by atoms with E-state index in [2.05, 4.69) is 12.1 Å². The number of hydrogen-bond donors (Lipinski definition) is 1. The van der Waals surface area contributed by atoms with Gasteiger partial charge in [-0.3, -0.25) is 4.98 Å². The van der Waals surface area contributed by atoms with Crippen LogP contribution in [0.25, 0.3) is 11.3 Å². The van der Waals surface area contributed by atoms with Crippen LogP contribution in [-0.4, -0.2) is 23.2 Å². The van der Waals surface area contributed by atoms with E-state index in [0.29, 0.717) is 17.9 Å². The van der Waals surface area contributed by atoms with E-state index in [1.165, 1.54) is 18.4 Å². The molecule has 1 saturated carbocycles. The molecule has 0 spiro atoms. The van der Waals surface area contributed by atoms with Crippen LogP contribution < -0.4 is 4.74 Å². The maximum absolute atomic E-state index is 11.6. The van der Waals surface area contributed by atoms with Crippen molar-refractivity contribution in [1.29, 1.82) is 0 Å². The Hall–Kier alpha value is -3.14. The van der Waals surface area contributed by atoms with Crippen LogP contribution in [0.5, 0.6) is 5.75 Å². The first-order valence-corrected chi connectivity index (χ1v) is 9.51. The van der Waals surface area contributed by atoms with Crippen LogP contribution in [0.2, 0.25) is 0 Å². The van der Waals surface area contributed by atoms with Gasteiger partial charge in [0.25, 0.3) is 0 Å². The molecule has 0 aliphatic heterocycles. The van der Waals surface area contributed by atoms with E-state index in [-0.39, 0.29) is 0 Å². The van der Waals surface area contributed by atoms with Crippen molar-refractivity contribution >= 4 is 5.97 Å². The molecular weight excluding hydrogens is 350 g/mol. The minimum absolute atomic E-state index is 0.366. The quantitative estimate of drug-likeness (QED) is 0.642. The Morgan fingerprint density at radius 1 is 1.18 bits per heavy atom. The topological polar surface area (TPSA) is 59.4 Å². The number of aryl methyl sites for hydroxylation is 1. The van der Waals surface area contributed by atoms with Crippen LogP contribution in [0.1, 0.15) is 51.4 Å². The Morgan fingerprint density at radius 3 is 2.71 bits per heavy atom. The first kappa shape index (κ1) is 18.2. The Labute approximate surface area is 164 Å². The molecule has 1 aromatic heterocycles. The lowest BCUT2D eigenvalue weighted by Gasteiger charge is -2.13. The number of ether oxygens (including phenoxy) is 1. The summed E-state index contributed by atoms with van der Waals surface area (Å²) in [5, 5.41) is 9.54. The zero-order chi connectivity index (χ0) is 19.7. The van der Waals surface area contributed by atoms with Crippen LogP contribution in [-0.2, 0) is 6.42 Å². The third-order valence-electron chi connectivity index (χ3n) is 5.22. The summed E-state index contributed by atoms with van der Waals surface area (Å²) in [6.45, 7) is 1.91. The number of pyridine rings is 1. The third-order valence-corrected chi connectivity index (χ3v) is 5.22. The fraction of sp³-hybridized carbons (Fsp3) is 0.250. The van der Waals surface area contributed by atoms with Crippen molar-refractivity contribution in [3.05, 3.63) is 82.5 Å². The summed E-state index contributed by atoms with van der Waals surface area (Å²) in [4.78, 5) is 16.4.